The van der Waals surface area contributed by atoms with E-state index in [9.17, 15) is 0 Å². The Morgan fingerprint density at radius 3 is 2.00 bits per heavy atom. The van der Waals surface area contributed by atoms with E-state index in [1.165, 1.54) is 0 Å². The van der Waals surface area contributed by atoms with Crippen LogP contribution in [-0.2, 0) is 0 Å². The molecule has 0 amide bonds. The third kappa shape index (κ3) is 3.05. The highest BCUT2D eigenvalue weighted by atomic mass is 16.5. The Morgan fingerprint density at radius 2 is 1.67 bits per heavy atom. The highest BCUT2D eigenvalue weighted by Crippen LogP contribution is 2.40. The molecule has 0 aliphatic heterocycles. The summed E-state index contributed by atoms with van der Waals surface area (Å²) in [6, 6.07) is 3.91. The molecule has 0 saturated heterocycles. The van der Waals surface area contributed by atoms with Crippen LogP contribution in [0.25, 0.3) is 0 Å². The summed E-state index contributed by atoms with van der Waals surface area (Å²) in [5, 5.41) is 0. The zero-order valence-corrected chi connectivity index (χ0v) is 11.4. The third-order valence-electron chi connectivity index (χ3n) is 2.87. The Hall–Kier alpha value is -1.46. The summed E-state index contributed by atoms with van der Waals surface area (Å²) in [5.41, 5.74) is 3.83. The Kier molecular flexibility index (Phi) is 5.74. The molecule has 0 saturated carbocycles. The fraction of sp³-hybridized carbons (Fsp3) is 0.538. The van der Waals surface area contributed by atoms with Crippen LogP contribution in [0.2, 0.25) is 0 Å². The second-order valence-electron chi connectivity index (χ2n) is 3.97. The SMILES string of the molecule is CCCC(NN)c1cc(OC)c(OC)c(OC)c1. The maximum Gasteiger partial charge on any atom is 0.203 e. The van der Waals surface area contributed by atoms with E-state index in [1.807, 2.05) is 12.1 Å². The lowest BCUT2D eigenvalue weighted by Crippen LogP contribution is -2.27. The molecule has 18 heavy (non-hydrogen) atoms. The molecule has 3 N–H and O–H groups in total. The molecule has 1 aromatic carbocycles. The molecule has 102 valence electrons. The average molecular weight is 254 g/mol. The van der Waals surface area contributed by atoms with Crippen molar-refractivity contribution in [3.63, 3.8) is 0 Å². The lowest BCUT2D eigenvalue weighted by molar-refractivity contribution is 0.322. The molecule has 0 aromatic heterocycles. The molecule has 0 bridgehead atoms. The van der Waals surface area contributed by atoms with Crippen LogP contribution in [-0.4, -0.2) is 21.3 Å². The number of methoxy groups -OCH3 is 3. The zero-order valence-electron chi connectivity index (χ0n) is 11.4. The predicted molar refractivity (Wildman–Crippen MR) is 71.1 cm³/mol. The van der Waals surface area contributed by atoms with Gasteiger partial charge in [0, 0.05) is 6.04 Å². The standard InChI is InChI=1S/C13H22N2O3/c1-5-6-10(15-14)9-7-11(16-2)13(18-4)12(8-9)17-3/h7-8,10,15H,5-6,14H2,1-4H3. The minimum Gasteiger partial charge on any atom is -0.493 e. The molecule has 1 aromatic rings. The molecule has 0 radical (unpaired) electrons. The summed E-state index contributed by atoms with van der Waals surface area (Å²) >= 11 is 0. The van der Waals surface area contributed by atoms with Crippen LogP contribution in [0.3, 0.4) is 0 Å². The predicted octanol–water partition coefficient (Wildman–Crippen LogP) is 2.02. The van der Waals surface area contributed by atoms with Gasteiger partial charge in [0.2, 0.25) is 5.75 Å². The fourth-order valence-electron chi connectivity index (χ4n) is 1.94. The fourth-order valence-corrected chi connectivity index (χ4v) is 1.94. The smallest absolute Gasteiger partial charge is 0.203 e. The average Bonchev–Trinajstić information content (AvgIpc) is 2.42. The van der Waals surface area contributed by atoms with E-state index in [0.29, 0.717) is 17.2 Å². The molecule has 0 aliphatic carbocycles. The minimum atomic E-state index is 0.0729. The van der Waals surface area contributed by atoms with Crippen molar-refractivity contribution in [1.29, 1.82) is 0 Å². The quantitative estimate of drug-likeness (QED) is 0.575. The van der Waals surface area contributed by atoms with Gasteiger partial charge in [0.25, 0.3) is 0 Å². The van der Waals surface area contributed by atoms with Gasteiger partial charge in [-0.15, -0.1) is 0 Å². The number of ether oxygens (including phenoxy) is 3. The number of hydrogen-bond acceptors (Lipinski definition) is 5. The van der Waals surface area contributed by atoms with Crippen molar-refractivity contribution < 1.29 is 14.2 Å². The first kappa shape index (κ1) is 14.6. The molecular weight excluding hydrogens is 232 g/mol. The van der Waals surface area contributed by atoms with Crippen molar-refractivity contribution in [1.82, 2.24) is 5.43 Å². The molecule has 0 fully saturated rings. The summed E-state index contributed by atoms with van der Waals surface area (Å²) in [7, 11) is 4.79. The summed E-state index contributed by atoms with van der Waals surface area (Å²) in [6.45, 7) is 2.11. The topological polar surface area (TPSA) is 65.7 Å². The van der Waals surface area contributed by atoms with Gasteiger partial charge in [-0.1, -0.05) is 13.3 Å². The Morgan fingerprint density at radius 1 is 1.11 bits per heavy atom. The van der Waals surface area contributed by atoms with E-state index < -0.39 is 0 Å². The van der Waals surface area contributed by atoms with Crippen molar-refractivity contribution in [2.75, 3.05) is 21.3 Å². The summed E-state index contributed by atoms with van der Waals surface area (Å²) in [4.78, 5) is 0. The second kappa shape index (κ2) is 7.08. The first-order valence-corrected chi connectivity index (χ1v) is 5.97. The lowest BCUT2D eigenvalue weighted by atomic mass is 10.0. The molecular formula is C13H22N2O3. The van der Waals surface area contributed by atoms with E-state index in [0.717, 1.165) is 18.4 Å². The minimum absolute atomic E-state index is 0.0729. The van der Waals surface area contributed by atoms with E-state index >= 15 is 0 Å². The van der Waals surface area contributed by atoms with Crippen LogP contribution < -0.4 is 25.5 Å². The van der Waals surface area contributed by atoms with Crippen molar-refractivity contribution >= 4 is 0 Å². The van der Waals surface area contributed by atoms with Crippen LogP contribution in [0.15, 0.2) is 12.1 Å². The summed E-state index contributed by atoms with van der Waals surface area (Å²) < 4.78 is 15.9. The van der Waals surface area contributed by atoms with Crippen molar-refractivity contribution in [3.8, 4) is 17.2 Å². The third-order valence-corrected chi connectivity index (χ3v) is 2.87. The molecule has 1 rings (SSSR count). The lowest BCUT2D eigenvalue weighted by Gasteiger charge is -2.19. The summed E-state index contributed by atoms with van der Waals surface area (Å²) in [5.74, 6) is 7.46. The van der Waals surface area contributed by atoms with Crippen LogP contribution in [0.4, 0.5) is 0 Å². The van der Waals surface area contributed by atoms with Gasteiger partial charge < -0.3 is 14.2 Å². The van der Waals surface area contributed by atoms with Gasteiger partial charge in [0.05, 0.1) is 21.3 Å². The van der Waals surface area contributed by atoms with E-state index in [2.05, 4.69) is 12.3 Å². The largest absolute Gasteiger partial charge is 0.493 e. The molecule has 0 spiro atoms. The Labute approximate surface area is 108 Å². The van der Waals surface area contributed by atoms with Gasteiger partial charge in [-0.05, 0) is 24.1 Å². The van der Waals surface area contributed by atoms with Crippen molar-refractivity contribution in [2.24, 2.45) is 5.84 Å². The maximum absolute atomic E-state index is 5.58. The highest BCUT2D eigenvalue weighted by molar-refractivity contribution is 5.54. The molecule has 5 heteroatoms. The maximum atomic E-state index is 5.58. The number of benzene rings is 1. The van der Waals surface area contributed by atoms with Crippen molar-refractivity contribution in [3.05, 3.63) is 17.7 Å². The Bertz CT molecular complexity index is 357. The van der Waals surface area contributed by atoms with Crippen LogP contribution in [0.1, 0.15) is 31.4 Å². The molecule has 0 heterocycles. The van der Waals surface area contributed by atoms with E-state index in [-0.39, 0.29) is 6.04 Å². The number of hydrogen-bond donors (Lipinski definition) is 2. The number of rotatable bonds is 7. The first-order valence-electron chi connectivity index (χ1n) is 5.97. The Balaban J connectivity index is 3.21. The molecule has 1 atom stereocenters. The number of nitrogens with one attached hydrogen (secondary N) is 1. The second-order valence-corrected chi connectivity index (χ2v) is 3.97. The number of nitrogens with two attached hydrogens (primary N) is 1. The van der Waals surface area contributed by atoms with Gasteiger partial charge in [0.15, 0.2) is 11.5 Å². The van der Waals surface area contributed by atoms with Gasteiger partial charge in [0.1, 0.15) is 0 Å². The van der Waals surface area contributed by atoms with Gasteiger partial charge in [-0.3, -0.25) is 11.3 Å². The molecule has 1 unspecified atom stereocenters. The highest BCUT2D eigenvalue weighted by Gasteiger charge is 2.17. The van der Waals surface area contributed by atoms with Crippen LogP contribution in [0.5, 0.6) is 17.2 Å². The van der Waals surface area contributed by atoms with Gasteiger partial charge >= 0.3 is 0 Å². The number of hydrazine groups is 1. The van der Waals surface area contributed by atoms with E-state index in [1.54, 1.807) is 21.3 Å². The van der Waals surface area contributed by atoms with Crippen molar-refractivity contribution in [2.45, 2.75) is 25.8 Å². The zero-order chi connectivity index (χ0) is 13.5. The monoisotopic (exact) mass is 254 g/mol. The summed E-state index contributed by atoms with van der Waals surface area (Å²) in [6.07, 6.45) is 1.97. The molecule has 5 nitrogen and oxygen atoms in total. The normalized spacial score (nSPS) is 12.1. The van der Waals surface area contributed by atoms with Gasteiger partial charge in [-0.2, -0.15) is 0 Å². The van der Waals surface area contributed by atoms with E-state index in [4.69, 9.17) is 20.1 Å². The van der Waals surface area contributed by atoms with Crippen LogP contribution in [0, 0.1) is 0 Å². The molecule has 0 aliphatic rings. The van der Waals surface area contributed by atoms with Crippen LogP contribution >= 0.6 is 0 Å². The first-order chi connectivity index (χ1) is 8.71. The van der Waals surface area contributed by atoms with Gasteiger partial charge in [-0.25, -0.2) is 0 Å².